The van der Waals surface area contributed by atoms with E-state index in [0.717, 1.165) is 32.0 Å². The zero-order chi connectivity index (χ0) is 15.2. The lowest BCUT2D eigenvalue weighted by Gasteiger charge is -2.36. The Hall–Kier alpha value is -0.560. The monoisotopic (exact) mass is 374 g/mol. The molecule has 23 heavy (non-hydrogen) atoms. The molecule has 132 valence electrons. The van der Waals surface area contributed by atoms with Crippen LogP contribution in [0.2, 0.25) is 0 Å². The van der Waals surface area contributed by atoms with Crippen LogP contribution < -0.4 is 5.73 Å². The predicted octanol–water partition coefficient (Wildman–Crippen LogP) is 3.86. The average Bonchev–Trinajstić information content (AvgIpc) is 2.62. The third-order valence-corrected chi connectivity index (χ3v) is 4.76. The van der Waals surface area contributed by atoms with Gasteiger partial charge in [0.1, 0.15) is 5.82 Å². The first-order valence-corrected chi connectivity index (χ1v) is 7.18. The van der Waals surface area contributed by atoms with Crippen molar-refractivity contribution in [2.45, 2.75) is 31.6 Å². The Kier molecular flexibility index (Phi) is 6.73. The van der Waals surface area contributed by atoms with Gasteiger partial charge in [0.2, 0.25) is 0 Å². The summed E-state index contributed by atoms with van der Waals surface area (Å²) in [6, 6.07) is 3.00. The summed E-state index contributed by atoms with van der Waals surface area (Å²) >= 11 is 0. The maximum Gasteiger partial charge on any atom is 0.416 e. The van der Waals surface area contributed by atoms with Crippen LogP contribution in [0.15, 0.2) is 18.2 Å². The van der Waals surface area contributed by atoms with E-state index in [1.165, 1.54) is 6.07 Å². The number of benzene rings is 1. The van der Waals surface area contributed by atoms with Crippen LogP contribution in [0.4, 0.5) is 17.6 Å². The summed E-state index contributed by atoms with van der Waals surface area (Å²) in [6.45, 7) is 1.96. The highest BCUT2D eigenvalue weighted by Gasteiger charge is 2.39. The van der Waals surface area contributed by atoms with Crippen LogP contribution in [0, 0.1) is 17.7 Å². The molecular formula is C15H20Cl2F4N2. The molecule has 2 N–H and O–H groups in total. The van der Waals surface area contributed by atoms with Gasteiger partial charge < -0.3 is 5.73 Å². The van der Waals surface area contributed by atoms with Gasteiger partial charge in [-0.05, 0) is 36.8 Å². The molecule has 1 aliphatic carbocycles. The van der Waals surface area contributed by atoms with E-state index < -0.39 is 17.6 Å². The van der Waals surface area contributed by atoms with E-state index in [9.17, 15) is 17.6 Å². The van der Waals surface area contributed by atoms with E-state index in [-0.39, 0.29) is 30.9 Å². The van der Waals surface area contributed by atoms with Crippen LogP contribution in [0.3, 0.4) is 0 Å². The van der Waals surface area contributed by atoms with Gasteiger partial charge in [0, 0.05) is 31.2 Å². The van der Waals surface area contributed by atoms with Gasteiger partial charge in [-0.1, -0.05) is 6.07 Å². The number of hydrogen-bond acceptors (Lipinski definition) is 2. The van der Waals surface area contributed by atoms with Crippen LogP contribution in [0.5, 0.6) is 0 Å². The average molecular weight is 375 g/mol. The van der Waals surface area contributed by atoms with Crippen molar-refractivity contribution >= 4 is 24.8 Å². The molecule has 0 aromatic heterocycles. The Bertz CT molecular complexity index is 525. The highest BCUT2D eigenvalue weighted by Crippen LogP contribution is 2.36. The van der Waals surface area contributed by atoms with E-state index in [1.54, 1.807) is 0 Å². The number of halogens is 6. The first-order valence-electron chi connectivity index (χ1n) is 7.18. The summed E-state index contributed by atoms with van der Waals surface area (Å²) < 4.78 is 51.4. The van der Waals surface area contributed by atoms with Crippen molar-refractivity contribution in [1.82, 2.24) is 4.90 Å². The molecule has 0 radical (unpaired) electrons. The Morgan fingerprint density at radius 2 is 1.65 bits per heavy atom. The van der Waals surface area contributed by atoms with Crippen molar-refractivity contribution in [3.05, 3.63) is 35.1 Å². The van der Waals surface area contributed by atoms with Crippen LogP contribution in [-0.2, 0) is 12.7 Å². The summed E-state index contributed by atoms with van der Waals surface area (Å²) in [5.41, 5.74) is 5.49. The van der Waals surface area contributed by atoms with Gasteiger partial charge >= 0.3 is 6.18 Å². The van der Waals surface area contributed by atoms with E-state index in [1.807, 2.05) is 0 Å². The zero-order valence-corrected chi connectivity index (χ0v) is 14.0. The molecular weight excluding hydrogens is 355 g/mol. The number of fused-ring (bicyclic) bond motifs is 2. The summed E-state index contributed by atoms with van der Waals surface area (Å²) in [5, 5.41) is 0. The van der Waals surface area contributed by atoms with Gasteiger partial charge in [-0.25, -0.2) is 4.39 Å². The van der Waals surface area contributed by atoms with Gasteiger partial charge in [-0.3, -0.25) is 4.90 Å². The van der Waals surface area contributed by atoms with E-state index in [2.05, 4.69) is 4.90 Å². The largest absolute Gasteiger partial charge is 0.416 e. The van der Waals surface area contributed by atoms with Crippen molar-refractivity contribution < 1.29 is 17.6 Å². The minimum absolute atomic E-state index is 0. The van der Waals surface area contributed by atoms with E-state index >= 15 is 0 Å². The minimum atomic E-state index is -4.50. The third-order valence-electron chi connectivity index (χ3n) is 4.76. The molecule has 1 saturated carbocycles. The Balaban J connectivity index is 0.00000132. The second kappa shape index (κ2) is 7.55. The predicted molar refractivity (Wildman–Crippen MR) is 85.4 cm³/mol. The van der Waals surface area contributed by atoms with Crippen LogP contribution >= 0.6 is 24.8 Å². The molecule has 1 aromatic carbocycles. The minimum Gasteiger partial charge on any atom is -0.327 e. The molecule has 2 fully saturated rings. The maximum atomic E-state index is 13.9. The van der Waals surface area contributed by atoms with Crippen molar-refractivity contribution in [1.29, 1.82) is 0 Å². The maximum absolute atomic E-state index is 13.9. The number of hydrogen-bond donors (Lipinski definition) is 1. The molecule has 0 spiro atoms. The molecule has 2 bridgehead atoms. The fraction of sp³-hybridized carbons (Fsp3) is 0.600. The lowest BCUT2D eigenvalue weighted by Crippen LogP contribution is -2.48. The first kappa shape index (κ1) is 20.5. The standard InChI is InChI=1S/C15H18F4N2.2ClH/c16-13-5-12(15(17,18)19)4-3-9(13)6-21-7-10-1-2-11(8-21)14(10)20;;/h3-5,10-11,14H,1-2,6-8,20H2;2*1H/t10-,11+,14?;;. The first-order chi connectivity index (χ1) is 9.84. The lowest BCUT2D eigenvalue weighted by atomic mass is 9.93. The van der Waals surface area contributed by atoms with E-state index in [4.69, 9.17) is 5.73 Å². The molecule has 2 aliphatic rings. The normalized spacial score (nSPS) is 27.3. The number of rotatable bonds is 2. The fourth-order valence-corrected chi connectivity index (χ4v) is 3.58. The molecule has 1 heterocycles. The highest BCUT2D eigenvalue weighted by molar-refractivity contribution is 5.85. The third kappa shape index (κ3) is 4.29. The van der Waals surface area contributed by atoms with Crippen LogP contribution in [-0.4, -0.2) is 24.0 Å². The number of likely N-dealkylation sites (tertiary alicyclic amines) is 1. The van der Waals surface area contributed by atoms with Crippen molar-refractivity contribution in [2.75, 3.05) is 13.1 Å². The van der Waals surface area contributed by atoms with Crippen molar-refractivity contribution in [2.24, 2.45) is 17.6 Å². The topological polar surface area (TPSA) is 29.3 Å². The number of nitrogens with zero attached hydrogens (tertiary/aromatic N) is 1. The second-order valence-electron chi connectivity index (χ2n) is 6.17. The molecule has 2 nitrogen and oxygen atoms in total. The van der Waals surface area contributed by atoms with Gasteiger partial charge in [-0.15, -0.1) is 24.8 Å². The SMILES string of the molecule is Cl.Cl.NC1[C@@H]2CC[C@H]1CN(Cc1ccc(C(F)(F)F)cc1F)C2. The molecule has 3 atom stereocenters. The van der Waals surface area contributed by atoms with Crippen LogP contribution in [0.25, 0.3) is 0 Å². The molecule has 1 saturated heterocycles. The molecule has 0 amide bonds. The van der Waals surface area contributed by atoms with Gasteiger partial charge in [0.05, 0.1) is 5.56 Å². The van der Waals surface area contributed by atoms with Gasteiger partial charge in [0.25, 0.3) is 0 Å². The smallest absolute Gasteiger partial charge is 0.327 e. The quantitative estimate of drug-likeness (QED) is 0.796. The molecule has 1 aliphatic heterocycles. The number of nitrogens with two attached hydrogens (primary N) is 1. The summed E-state index contributed by atoms with van der Waals surface area (Å²) in [7, 11) is 0. The van der Waals surface area contributed by atoms with Crippen LogP contribution in [0.1, 0.15) is 24.0 Å². The summed E-state index contributed by atoms with van der Waals surface area (Å²) in [4.78, 5) is 2.11. The number of piperidine rings is 1. The number of alkyl halides is 3. The van der Waals surface area contributed by atoms with Gasteiger partial charge in [-0.2, -0.15) is 13.2 Å². The van der Waals surface area contributed by atoms with E-state index in [0.29, 0.717) is 30.0 Å². The summed E-state index contributed by atoms with van der Waals surface area (Å²) in [6.07, 6.45) is -2.31. The Morgan fingerprint density at radius 1 is 1.09 bits per heavy atom. The van der Waals surface area contributed by atoms with Crippen molar-refractivity contribution in [3.63, 3.8) is 0 Å². The van der Waals surface area contributed by atoms with Crippen molar-refractivity contribution in [3.8, 4) is 0 Å². The summed E-state index contributed by atoms with van der Waals surface area (Å²) in [5.74, 6) is 0.0783. The fourth-order valence-electron chi connectivity index (χ4n) is 3.58. The lowest BCUT2D eigenvalue weighted by molar-refractivity contribution is -0.137. The second-order valence-corrected chi connectivity index (χ2v) is 6.17. The van der Waals surface area contributed by atoms with Gasteiger partial charge in [0.15, 0.2) is 0 Å². The molecule has 3 rings (SSSR count). The molecule has 1 aromatic rings. The Labute approximate surface area is 145 Å². The molecule has 8 heteroatoms. The Morgan fingerprint density at radius 3 is 2.13 bits per heavy atom. The highest BCUT2D eigenvalue weighted by atomic mass is 35.5. The molecule has 1 unspecified atom stereocenters. The zero-order valence-electron chi connectivity index (χ0n) is 12.4.